The van der Waals surface area contributed by atoms with Gasteiger partial charge >= 0.3 is 0 Å². The van der Waals surface area contributed by atoms with Crippen LogP contribution >= 0.6 is 34.8 Å². The summed E-state index contributed by atoms with van der Waals surface area (Å²) in [6, 6.07) is 14.5. The van der Waals surface area contributed by atoms with E-state index in [1.807, 2.05) is 24.3 Å². The largest absolute Gasteiger partial charge is 0.279 e. The fourth-order valence-electron chi connectivity index (χ4n) is 1.44. The summed E-state index contributed by atoms with van der Waals surface area (Å²) in [5.74, 6) is 0. The summed E-state index contributed by atoms with van der Waals surface area (Å²) in [5, 5.41) is 6.00. The number of nitrogens with one attached hydrogen (secondary N) is 1. The highest BCUT2D eigenvalue weighted by molar-refractivity contribution is 6.49. The molecule has 1 N–H and O–H groups in total. The van der Waals surface area contributed by atoms with Crippen LogP contribution in [0.3, 0.4) is 0 Å². The Bertz CT molecular complexity index is 617. The normalized spacial score (nSPS) is 11.8. The summed E-state index contributed by atoms with van der Waals surface area (Å²) in [7, 11) is 0. The van der Waals surface area contributed by atoms with E-state index in [1.54, 1.807) is 36.6 Å². The number of hydrogen-bond donors (Lipinski definition) is 1. The Balaban J connectivity index is 1.96. The molecule has 0 aliphatic heterocycles. The molecular weight excluding hydrogens is 315 g/mol. The molecule has 0 heterocycles. The molecule has 2 nitrogen and oxygen atoms in total. The lowest BCUT2D eigenvalue weighted by molar-refractivity contribution is 1.36. The zero-order valence-electron chi connectivity index (χ0n) is 10.4. The predicted molar refractivity (Wildman–Crippen MR) is 88.8 cm³/mol. The van der Waals surface area contributed by atoms with Crippen molar-refractivity contribution in [2.75, 3.05) is 5.43 Å². The van der Waals surface area contributed by atoms with E-state index in [2.05, 4.69) is 10.5 Å². The monoisotopic (exact) mass is 324 g/mol. The molecule has 20 heavy (non-hydrogen) atoms. The van der Waals surface area contributed by atoms with Crippen molar-refractivity contribution in [3.63, 3.8) is 0 Å². The van der Waals surface area contributed by atoms with Crippen molar-refractivity contribution in [2.45, 2.75) is 0 Å². The first kappa shape index (κ1) is 14.9. The number of hydrogen-bond acceptors (Lipinski definition) is 2. The van der Waals surface area contributed by atoms with E-state index < -0.39 is 0 Å². The second-order valence-electron chi connectivity index (χ2n) is 3.92. The van der Waals surface area contributed by atoms with E-state index in [0.717, 1.165) is 11.3 Å². The van der Waals surface area contributed by atoms with Crippen LogP contribution in [0.25, 0.3) is 5.03 Å². The first-order chi connectivity index (χ1) is 9.65. The number of anilines is 1. The topological polar surface area (TPSA) is 24.4 Å². The second kappa shape index (κ2) is 7.34. The Morgan fingerprint density at radius 1 is 0.900 bits per heavy atom. The minimum atomic E-state index is 0.586. The van der Waals surface area contributed by atoms with Gasteiger partial charge in [0.15, 0.2) is 0 Å². The lowest BCUT2D eigenvalue weighted by atomic mass is 10.2. The van der Waals surface area contributed by atoms with Crippen LogP contribution in [-0.4, -0.2) is 6.21 Å². The van der Waals surface area contributed by atoms with Gasteiger partial charge in [-0.3, -0.25) is 5.43 Å². The van der Waals surface area contributed by atoms with Crippen LogP contribution in [0.5, 0.6) is 0 Å². The van der Waals surface area contributed by atoms with Crippen LogP contribution in [0, 0.1) is 0 Å². The number of halogens is 3. The van der Waals surface area contributed by atoms with Gasteiger partial charge in [0.25, 0.3) is 0 Å². The fraction of sp³-hybridized carbons (Fsp3) is 0. The molecule has 102 valence electrons. The van der Waals surface area contributed by atoms with E-state index in [4.69, 9.17) is 34.8 Å². The lowest BCUT2D eigenvalue weighted by Crippen LogP contribution is -1.87. The summed E-state index contributed by atoms with van der Waals surface area (Å²) in [5.41, 5.74) is 4.61. The first-order valence-electron chi connectivity index (χ1n) is 5.81. The Morgan fingerprint density at radius 2 is 1.45 bits per heavy atom. The van der Waals surface area contributed by atoms with Gasteiger partial charge in [-0.05, 0) is 48.0 Å². The van der Waals surface area contributed by atoms with E-state index in [9.17, 15) is 0 Å². The smallest absolute Gasteiger partial charge is 0.0562 e. The van der Waals surface area contributed by atoms with Crippen LogP contribution in [0.2, 0.25) is 10.0 Å². The summed E-state index contributed by atoms with van der Waals surface area (Å²) < 4.78 is 0. The maximum Gasteiger partial charge on any atom is 0.0562 e. The number of allylic oxidation sites excluding steroid dienone is 1. The van der Waals surface area contributed by atoms with Gasteiger partial charge in [0.2, 0.25) is 0 Å². The molecule has 0 saturated heterocycles. The van der Waals surface area contributed by atoms with E-state index in [-0.39, 0.29) is 0 Å². The maximum absolute atomic E-state index is 6.14. The standard InChI is InChI=1S/C15H11Cl3N2/c16-12-3-1-11(2-4-12)15(18)9-10-19-20-14-7-5-13(17)6-8-14/h1-10,20H/b15-9?,19-10+. The van der Waals surface area contributed by atoms with Crippen molar-refractivity contribution < 1.29 is 0 Å². The van der Waals surface area contributed by atoms with Gasteiger partial charge < -0.3 is 0 Å². The van der Waals surface area contributed by atoms with Gasteiger partial charge in [0.1, 0.15) is 0 Å². The first-order valence-corrected chi connectivity index (χ1v) is 6.95. The van der Waals surface area contributed by atoms with E-state index in [1.165, 1.54) is 0 Å². The number of hydrazone groups is 1. The molecule has 0 fully saturated rings. The van der Waals surface area contributed by atoms with Crippen LogP contribution in [0.4, 0.5) is 5.69 Å². The molecule has 0 atom stereocenters. The highest BCUT2D eigenvalue weighted by Gasteiger charge is 1.96. The van der Waals surface area contributed by atoms with Crippen molar-refractivity contribution >= 4 is 51.7 Å². The van der Waals surface area contributed by atoms with Gasteiger partial charge in [0.05, 0.1) is 5.69 Å². The van der Waals surface area contributed by atoms with Crippen molar-refractivity contribution in [2.24, 2.45) is 5.10 Å². The highest BCUT2D eigenvalue weighted by atomic mass is 35.5. The van der Waals surface area contributed by atoms with E-state index >= 15 is 0 Å². The molecule has 0 aliphatic carbocycles. The molecule has 2 aromatic rings. The number of rotatable bonds is 4. The molecule has 2 rings (SSSR count). The van der Waals surface area contributed by atoms with Crippen molar-refractivity contribution in [1.29, 1.82) is 0 Å². The maximum atomic E-state index is 6.14. The van der Waals surface area contributed by atoms with Crippen LogP contribution < -0.4 is 5.43 Å². The van der Waals surface area contributed by atoms with Gasteiger partial charge in [0, 0.05) is 21.3 Å². The third-order valence-corrected chi connectivity index (χ3v) is 3.30. The van der Waals surface area contributed by atoms with Gasteiger partial charge in [-0.25, -0.2) is 0 Å². The van der Waals surface area contributed by atoms with Crippen LogP contribution in [0.1, 0.15) is 5.56 Å². The summed E-state index contributed by atoms with van der Waals surface area (Å²) >= 11 is 17.7. The third-order valence-electron chi connectivity index (χ3n) is 2.45. The Morgan fingerprint density at radius 3 is 2.05 bits per heavy atom. The highest BCUT2D eigenvalue weighted by Crippen LogP contribution is 2.20. The average Bonchev–Trinajstić information content (AvgIpc) is 2.46. The SMILES string of the molecule is ClC(=C/C=N/Nc1ccc(Cl)cc1)c1ccc(Cl)cc1. The van der Waals surface area contributed by atoms with Crippen molar-refractivity contribution in [3.05, 3.63) is 70.2 Å². The number of benzene rings is 2. The Hall–Kier alpha value is -1.48. The molecule has 0 radical (unpaired) electrons. The minimum absolute atomic E-state index is 0.586. The van der Waals surface area contributed by atoms with Gasteiger partial charge in [-0.15, -0.1) is 0 Å². The summed E-state index contributed by atoms with van der Waals surface area (Å²) in [6.45, 7) is 0. The van der Waals surface area contributed by atoms with Gasteiger partial charge in [-0.2, -0.15) is 5.10 Å². The van der Waals surface area contributed by atoms with E-state index in [0.29, 0.717) is 15.1 Å². The quantitative estimate of drug-likeness (QED) is 0.568. The van der Waals surface area contributed by atoms with Crippen molar-refractivity contribution in [1.82, 2.24) is 0 Å². The molecule has 2 aromatic carbocycles. The molecule has 5 heteroatoms. The Labute approximate surface area is 132 Å². The third kappa shape index (κ3) is 4.57. The fourth-order valence-corrected chi connectivity index (χ4v) is 1.88. The Kier molecular flexibility index (Phi) is 5.48. The molecule has 0 aliphatic rings. The second-order valence-corrected chi connectivity index (χ2v) is 5.20. The zero-order valence-corrected chi connectivity index (χ0v) is 12.6. The number of nitrogens with zero attached hydrogens (tertiary/aromatic N) is 1. The van der Waals surface area contributed by atoms with Crippen molar-refractivity contribution in [3.8, 4) is 0 Å². The molecule has 0 bridgehead atoms. The predicted octanol–water partition coefficient (Wildman–Crippen LogP) is 5.67. The summed E-state index contributed by atoms with van der Waals surface area (Å²) in [4.78, 5) is 0. The molecular formula is C15H11Cl3N2. The molecule has 0 saturated carbocycles. The summed E-state index contributed by atoms with van der Waals surface area (Å²) in [6.07, 6.45) is 3.29. The lowest BCUT2D eigenvalue weighted by Gasteiger charge is -1.99. The molecule has 0 amide bonds. The van der Waals surface area contributed by atoms with Crippen LogP contribution in [-0.2, 0) is 0 Å². The average molecular weight is 326 g/mol. The minimum Gasteiger partial charge on any atom is -0.279 e. The van der Waals surface area contributed by atoms with Gasteiger partial charge in [-0.1, -0.05) is 46.9 Å². The zero-order chi connectivity index (χ0) is 14.4. The molecule has 0 aromatic heterocycles. The molecule has 0 spiro atoms. The molecule has 0 unspecified atom stereocenters. The van der Waals surface area contributed by atoms with Crippen LogP contribution in [0.15, 0.2) is 59.7 Å².